The van der Waals surface area contributed by atoms with Crippen molar-refractivity contribution in [2.75, 3.05) is 13.1 Å². The second kappa shape index (κ2) is 5.29. The molecular weight excluding hydrogens is 250 g/mol. The number of carbonyl (C=O) groups excluding carboxylic acids is 1. The number of likely N-dealkylation sites (tertiary alicyclic amines) is 1. The zero-order valence-electron chi connectivity index (χ0n) is 11.8. The highest BCUT2D eigenvalue weighted by Crippen LogP contribution is 2.20. The van der Waals surface area contributed by atoms with Crippen LogP contribution in [0.3, 0.4) is 0 Å². The summed E-state index contributed by atoms with van der Waals surface area (Å²) in [5.41, 5.74) is 8.17. The minimum Gasteiger partial charge on any atom is -0.361 e. The van der Waals surface area contributed by atoms with Crippen LogP contribution in [0.2, 0.25) is 0 Å². The second-order valence-corrected chi connectivity index (χ2v) is 5.81. The molecule has 1 aliphatic rings. The molecule has 0 aliphatic carbocycles. The summed E-state index contributed by atoms with van der Waals surface area (Å²) in [6.07, 6.45) is 3.31. The normalized spacial score (nSPS) is 23.2. The number of aromatic nitrogens is 1. The molecule has 0 radical (unpaired) electrons. The number of nitrogens with one attached hydrogen (secondary N) is 1. The quantitative estimate of drug-likeness (QED) is 0.876. The number of piperidine rings is 1. The molecule has 0 saturated carbocycles. The van der Waals surface area contributed by atoms with Gasteiger partial charge in [-0.05, 0) is 24.0 Å². The summed E-state index contributed by atoms with van der Waals surface area (Å²) >= 11 is 0. The van der Waals surface area contributed by atoms with Crippen molar-refractivity contribution in [2.45, 2.75) is 25.8 Å². The third kappa shape index (κ3) is 2.43. The molecule has 1 fully saturated rings. The van der Waals surface area contributed by atoms with E-state index < -0.39 is 0 Å². The summed E-state index contributed by atoms with van der Waals surface area (Å²) in [5, 5.41) is 1.14. The van der Waals surface area contributed by atoms with Gasteiger partial charge in [0.15, 0.2) is 0 Å². The van der Waals surface area contributed by atoms with E-state index in [0.717, 1.165) is 36.0 Å². The van der Waals surface area contributed by atoms with Gasteiger partial charge in [-0.2, -0.15) is 0 Å². The molecule has 3 N–H and O–H groups in total. The largest absolute Gasteiger partial charge is 0.361 e. The summed E-state index contributed by atoms with van der Waals surface area (Å²) in [7, 11) is 0. The van der Waals surface area contributed by atoms with E-state index >= 15 is 0 Å². The van der Waals surface area contributed by atoms with Crippen molar-refractivity contribution < 1.29 is 4.79 Å². The number of fused-ring (bicyclic) bond motifs is 1. The minimum absolute atomic E-state index is 0.202. The van der Waals surface area contributed by atoms with Gasteiger partial charge >= 0.3 is 0 Å². The fourth-order valence-electron chi connectivity index (χ4n) is 2.94. The molecule has 1 aromatic heterocycles. The maximum Gasteiger partial charge on any atom is 0.227 e. The van der Waals surface area contributed by atoms with Gasteiger partial charge in [0, 0.05) is 36.2 Å². The van der Waals surface area contributed by atoms with Crippen molar-refractivity contribution in [1.82, 2.24) is 9.88 Å². The van der Waals surface area contributed by atoms with Gasteiger partial charge in [-0.15, -0.1) is 0 Å². The lowest BCUT2D eigenvalue weighted by molar-refractivity contribution is -0.132. The predicted octanol–water partition coefficient (Wildman–Crippen LogP) is 1.91. The van der Waals surface area contributed by atoms with Crippen LogP contribution >= 0.6 is 0 Å². The first-order valence-electron chi connectivity index (χ1n) is 7.23. The van der Waals surface area contributed by atoms with Gasteiger partial charge in [-0.25, -0.2) is 0 Å². The highest BCUT2D eigenvalue weighted by Gasteiger charge is 2.26. The number of hydrogen-bond donors (Lipinski definition) is 2. The van der Waals surface area contributed by atoms with Crippen molar-refractivity contribution in [1.29, 1.82) is 0 Å². The lowest BCUT2D eigenvalue weighted by atomic mass is 9.94. The molecule has 4 heteroatoms. The zero-order chi connectivity index (χ0) is 14.1. The molecule has 1 aliphatic heterocycles. The van der Waals surface area contributed by atoms with E-state index in [0.29, 0.717) is 12.3 Å². The number of benzene rings is 1. The van der Waals surface area contributed by atoms with Crippen LogP contribution in [-0.4, -0.2) is 34.9 Å². The maximum absolute atomic E-state index is 12.4. The Morgan fingerprint density at radius 2 is 2.25 bits per heavy atom. The number of aromatic amines is 1. The van der Waals surface area contributed by atoms with Crippen LogP contribution in [-0.2, 0) is 11.2 Å². The third-order valence-electron chi connectivity index (χ3n) is 4.34. The van der Waals surface area contributed by atoms with Crippen LogP contribution in [0.25, 0.3) is 10.9 Å². The average molecular weight is 271 g/mol. The zero-order valence-corrected chi connectivity index (χ0v) is 11.8. The first-order valence-corrected chi connectivity index (χ1v) is 7.23. The molecule has 1 saturated heterocycles. The Hall–Kier alpha value is -1.81. The van der Waals surface area contributed by atoms with Gasteiger partial charge in [-0.3, -0.25) is 4.79 Å². The van der Waals surface area contributed by atoms with Crippen LogP contribution in [0.15, 0.2) is 30.5 Å². The number of nitrogens with zero attached hydrogens (tertiary/aromatic N) is 1. The van der Waals surface area contributed by atoms with Gasteiger partial charge < -0.3 is 15.6 Å². The van der Waals surface area contributed by atoms with Crippen LogP contribution < -0.4 is 5.73 Å². The Bertz CT molecular complexity index is 619. The molecule has 4 nitrogen and oxygen atoms in total. The monoisotopic (exact) mass is 271 g/mol. The Morgan fingerprint density at radius 1 is 1.45 bits per heavy atom. The summed E-state index contributed by atoms with van der Waals surface area (Å²) in [6, 6.07) is 8.32. The lowest BCUT2D eigenvalue weighted by Gasteiger charge is -2.35. The summed E-state index contributed by atoms with van der Waals surface area (Å²) in [6.45, 7) is 3.69. The molecule has 2 heterocycles. The predicted molar refractivity (Wildman–Crippen MR) is 80.3 cm³/mol. The molecule has 20 heavy (non-hydrogen) atoms. The van der Waals surface area contributed by atoms with Crippen molar-refractivity contribution >= 4 is 16.8 Å². The number of hydrogen-bond acceptors (Lipinski definition) is 2. The number of nitrogens with two attached hydrogens (primary N) is 1. The Kier molecular flexibility index (Phi) is 3.49. The maximum atomic E-state index is 12.4. The van der Waals surface area contributed by atoms with E-state index in [1.165, 1.54) is 0 Å². The summed E-state index contributed by atoms with van der Waals surface area (Å²) in [5.74, 6) is 0.587. The van der Waals surface area contributed by atoms with E-state index in [1.54, 1.807) is 0 Å². The number of carbonyl (C=O) groups is 1. The highest BCUT2D eigenvalue weighted by molar-refractivity contribution is 5.88. The molecule has 106 valence electrons. The number of amides is 1. The molecule has 0 spiro atoms. The summed E-state index contributed by atoms with van der Waals surface area (Å²) < 4.78 is 0. The van der Waals surface area contributed by atoms with Gasteiger partial charge in [0.2, 0.25) is 5.91 Å². The van der Waals surface area contributed by atoms with Crippen LogP contribution in [0.1, 0.15) is 18.9 Å². The molecule has 2 atom stereocenters. The van der Waals surface area contributed by atoms with E-state index in [1.807, 2.05) is 29.3 Å². The second-order valence-electron chi connectivity index (χ2n) is 5.81. The summed E-state index contributed by atoms with van der Waals surface area (Å²) in [4.78, 5) is 17.6. The van der Waals surface area contributed by atoms with E-state index in [-0.39, 0.29) is 11.9 Å². The topological polar surface area (TPSA) is 62.1 Å². The first-order chi connectivity index (χ1) is 9.65. The highest BCUT2D eigenvalue weighted by atomic mass is 16.2. The molecule has 0 bridgehead atoms. The Balaban J connectivity index is 1.73. The third-order valence-corrected chi connectivity index (χ3v) is 4.34. The van der Waals surface area contributed by atoms with Crippen molar-refractivity contribution in [3.05, 3.63) is 36.0 Å². The van der Waals surface area contributed by atoms with Crippen LogP contribution in [0, 0.1) is 5.92 Å². The van der Waals surface area contributed by atoms with Gasteiger partial charge in [0.05, 0.1) is 6.42 Å². The smallest absolute Gasteiger partial charge is 0.227 e. The molecular formula is C16H21N3O. The van der Waals surface area contributed by atoms with E-state index in [9.17, 15) is 4.79 Å². The minimum atomic E-state index is 0.202. The molecule has 2 aromatic rings. The van der Waals surface area contributed by atoms with Gasteiger partial charge in [0.1, 0.15) is 0 Å². The number of para-hydroxylation sites is 1. The van der Waals surface area contributed by atoms with Gasteiger partial charge in [-0.1, -0.05) is 25.1 Å². The number of H-pyrrole nitrogens is 1. The van der Waals surface area contributed by atoms with Gasteiger partial charge in [0.25, 0.3) is 0 Å². The SMILES string of the molecule is CC1CN(C(=O)Cc2c[nH]c3ccccc23)CCC1N. The lowest BCUT2D eigenvalue weighted by Crippen LogP contribution is -2.48. The number of rotatable bonds is 2. The Morgan fingerprint density at radius 3 is 3.05 bits per heavy atom. The molecule has 1 aromatic carbocycles. The average Bonchev–Trinajstić information content (AvgIpc) is 2.85. The Labute approximate surface area is 118 Å². The van der Waals surface area contributed by atoms with Crippen LogP contribution in [0.5, 0.6) is 0 Å². The fourth-order valence-corrected chi connectivity index (χ4v) is 2.94. The fraction of sp³-hybridized carbons (Fsp3) is 0.438. The van der Waals surface area contributed by atoms with E-state index in [2.05, 4.69) is 18.0 Å². The van der Waals surface area contributed by atoms with E-state index in [4.69, 9.17) is 5.73 Å². The molecule has 3 rings (SSSR count). The van der Waals surface area contributed by atoms with Crippen LogP contribution in [0.4, 0.5) is 0 Å². The standard InChI is InChI=1S/C16H21N3O/c1-11-10-19(7-6-14(11)17)16(20)8-12-9-18-15-5-3-2-4-13(12)15/h2-5,9,11,14,18H,6-8,10,17H2,1H3. The molecule has 1 amide bonds. The van der Waals surface area contributed by atoms with Crippen molar-refractivity contribution in [3.8, 4) is 0 Å². The first kappa shape index (κ1) is 13.2. The molecule has 2 unspecified atom stereocenters. The van der Waals surface area contributed by atoms with Crippen molar-refractivity contribution in [3.63, 3.8) is 0 Å². The van der Waals surface area contributed by atoms with Crippen molar-refractivity contribution in [2.24, 2.45) is 11.7 Å².